The third-order valence-corrected chi connectivity index (χ3v) is 5.05. The van der Waals surface area contributed by atoms with E-state index in [2.05, 4.69) is 25.8 Å². The molecule has 5 nitrogen and oxygen atoms in total. The van der Waals surface area contributed by atoms with Crippen molar-refractivity contribution in [3.05, 3.63) is 39.8 Å². The highest BCUT2D eigenvalue weighted by Gasteiger charge is 2.23. The molecule has 7 heteroatoms. The zero-order chi connectivity index (χ0) is 14.8. The number of rotatable bonds is 2. The van der Waals surface area contributed by atoms with E-state index >= 15 is 0 Å². The SMILES string of the molecule is Nc1cc(C(=O)N2CCN(c3nccs3)CC2)ccc1Br. The molecule has 1 fully saturated rings. The van der Waals surface area contributed by atoms with Crippen LogP contribution in [0.5, 0.6) is 0 Å². The molecule has 0 radical (unpaired) electrons. The average Bonchev–Trinajstić information content (AvgIpc) is 3.04. The molecule has 2 aromatic rings. The average molecular weight is 367 g/mol. The summed E-state index contributed by atoms with van der Waals surface area (Å²) >= 11 is 4.97. The first kappa shape index (κ1) is 14.3. The summed E-state index contributed by atoms with van der Waals surface area (Å²) in [5.74, 6) is 0.0352. The second-order valence-corrected chi connectivity index (χ2v) is 6.56. The van der Waals surface area contributed by atoms with Gasteiger partial charge in [-0.15, -0.1) is 11.3 Å². The fourth-order valence-corrected chi connectivity index (χ4v) is 3.28. The molecule has 0 atom stereocenters. The van der Waals surface area contributed by atoms with Crippen LogP contribution in [0.3, 0.4) is 0 Å². The number of nitrogens with two attached hydrogens (primary N) is 1. The van der Waals surface area contributed by atoms with Gasteiger partial charge in [-0.3, -0.25) is 4.79 Å². The van der Waals surface area contributed by atoms with E-state index in [9.17, 15) is 4.79 Å². The van der Waals surface area contributed by atoms with Crippen molar-refractivity contribution in [2.75, 3.05) is 36.8 Å². The molecular weight excluding hydrogens is 352 g/mol. The third-order valence-electron chi connectivity index (χ3n) is 3.50. The summed E-state index contributed by atoms with van der Waals surface area (Å²) in [6.07, 6.45) is 1.81. The topological polar surface area (TPSA) is 62.5 Å². The summed E-state index contributed by atoms with van der Waals surface area (Å²) in [5, 5.41) is 2.99. The van der Waals surface area contributed by atoms with E-state index in [0.29, 0.717) is 24.3 Å². The Labute approximate surface area is 135 Å². The maximum atomic E-state index is 12.5. The summed E-state index contributed by atoms with van der Waals surface area (Å²) in [7, 11) is 0. The molecule has 0 spiro atoms. The maximum absolute atomic E-state index is 12.5. The van der Waals surface area contributed by atoms with Crippen molar-refractivity contribution in [1.82, 2.24) is 9.88 Å². The fraction of sp³-hybridized carbons (Fsp3) is 0.286. The number of carbonyl (C=O) groups excluding carboxylic acids is 1. The lowest BCUT2D eigenvalue weighted by molar-refractivity contribution is 0.0747. The van der Waals surface area contributed by atoms with Gasteiger partial charge in [-0.05, 0) is 34.1 Å². The molecule has 3 rings (SSSR count). The predicted octanol–water partition coefficient (Wildman–Crippen LogP) is 2.45. The van der Waals surface area contributed by atoms with Gasteiger partial charge in [0.05, 0.1) is 0 Å². The number of amides is 1. The monoisotopic (exact) mass is 366 g/mol. The fourth-order valence-electron chi connectivity index (χ4n) is 2.33. The molecule has 1 aromatic heterocycles. The van der Waals surface area contributed by atoms with Gasteiger partial charge < -0.3 is 15.5 Å². The second kappa shape index (κ2) is 6.03. The first-order valence-corrected chi connectivity index (χ1v) is 8.31. The van der Waals surface area contributed by atoms with E-state index in [4.69, 9.17) is 5.73 Å². The quantitative estimate of drug-likeness (QED) is 0.829. The van der Waals surface area contributed by atoms with E-state index < -0.39 is 0 Å². The summed E-state index contributed by atoms with van der Waals surface area (Å²) in [5.41, 5.74) is 7.06. The van der Waals surface area contributed by atoms with Crippen molar-refractivity contribution < 1.29 is 4.79 Å². The first-order chi connectivity index (χ1) is 10.1. The summed E-state index contributed by atoms with van der Waals surface area (Å²) < 4.78 is 0.813. The van der Waals surface area contributed by atoms with Crippen molar-refractivity contribution in [3.63, 3.8) is 0 Å². The van der Waals surface area contributed by atoms with Crippen LogP contribution in [-0.4, -0.2) is 42.0 Å². The van der Waals surface area contributed by atoms with E-state index in [1.807, 2.05) is 22.5 Å². The molecule has 1 aromatic carbocycles. The normalized spacial score (nSPS) is 15.3. The molecule has 1 aliphatic heterocycles. The van der Waals surface area contributed by atoms with Crippen molar-refractivity contribution in [2.45, 2.75) is 0 Å². The number of hydrogen-bond acceptors (Lipinski definition) is 5. The Bertz CT molecular complexity index is 638. The highest BCUT2D eigenvalue weighted by Crippen LogP contribution is 2.22. The van der Waals surface area contributed by atoms with Gasteiger partial charge in [0.25, 0.3) is 5.91 Å². The summed E-state index contributed by atoms with van der Waals surface area (Å²) in [6.45, 7) is 3.03. The van der Waals surface area contributed by atoms with Crippen LogP contribution in [0.2, 0.25) is 0 Å². The molecule has 0 unspecified atom stereocenters. The van der Waals surface area contributed by atoms with Gasteiger partial charge in [-0.2, -0.15) is 0 Å². The number of aromatic nitrogens is 1. The van der Waals surface area contributed by atoms with Crippen LogP contribution < -0.4 is 10.6 Å². The molecule has 0 bridgehead atoms. The Morgan fingerprint density at radius 2 is 2.05 bits per heavy atom. The van der Waals surface area contributed by atoms with Crippen LogP contribution in [-0.2, 0) is 0 Å². The lowest BCUT2D eigenvalue weighted by atomic mass is 10.1. The number of piperazine rings is 1. The minimum absolute atomic E-state index is 0.0352. The smallest absolute Gasteiger partial charge is 0.254 e. The van der Waals surface area contributed by atoms with E-state index in [1.54, 1.807) is 23.5 Å². The molecule has 2 heterocycles. The van der Waals surface area contributed by atoms with Gasteiger partial charge in [0, 0.05) is 53.5 Å². The van der Waals surface area contributed by atoms with Crippen LogP contribution in [0.1, 0.15) is 10.4 Å². The van der Waals surface area contributed by atoms with Gasteiger partial charge >= 0.3 is 0 Å². The van der Waals surface area contributed by atoms with Gasteiger partial charge in [-0.1, -0.05) is 0 Å². The molecule has 1 aliphatic rings. The number of benzene rings is 1. The number of hydrogen-bond donors (Lipinski definition) is 1. The van der Waals surface area contributed by atoms with Gasteiger partial charge in [0.15, 0.2) is 5.13 Å². The van der Waals surface area contributed by atoms with Crippen LogP contribution in [0, 0.1) is 0 Å². The van der Waals surface area contributed by atoms with Crippen LogP contribution in [0.15, 0.2) is 34.2 Å². The molecule has 2 N–H and O–H groups in total. The maximum Gasteiger partial charge on any atom is 0.254 e. The Morgan fingerprint density at radius 1 is 1.29 bits per heavy atom. The van der Waals surface area contributed by atoms with Crippen LogP contribution in [0.25, 0.3) is 0 Å². The van der Waals surface area contributed by atoms with E-state index in [-0.39, 0.29) is 5.91 Å². The number of nitrogens with zero attached hydrogens (tertiary/aromatic N) is 3. The number of carbonyl (C=O) groups is 1. The van der Waals surface area contributed by atoms with E-state index in [1.165, 1.54) is 0 Å². The van der Waals surface area contributed by atoms with Gasteiger partial charge in [0.1, 0.15) is 0 Å². The van der Waals surface area contributed by atoms with Crippen molar-refractivity contribution in [1.29, 1.82) is 0 Å². The van der Waals surface area contributed by atoms with E-state index in [0.717, 1.165) is 22.7 Å². The first-order valence-electron chi connectivity index (χ1n) is 6.64. The molecule has 0 aliphatic carbocycles. The minimum Gasteiger partial charge on any atom is -0.398 e. The van der Waals surface area contributed by atoms with Crippen molar-refractivity contribution in [2.24, 2.45) is 0 Å². The number of thiazole rings is 1. The Morgan fingerprint density at radius 3 is 2.67 bits per heavy atom. The standard InChI is InChI=1S/C14H15BrN4OS/c15-11-2-1-10(9-12(11)16)13(20)18-4-6-19(7-5-18)14-17-3-8-21-14/h1-3,8-9H,4-7,16H2. The molecule has 110 valence electrons. The minimum atomic E-state index is 0.0352. The highest BCUT2D eigenvalue weighted by atomic mass is 79.9. The zero-order valence-corrected chi connectivity index (χ0v) is 13.7. The Hall–Kier alpha value is -1.60. The molecule has 1 saturated heterocycles. The Balaban J connectivity index is 1.66. The predicted molar refractivity (Wildman–Crippen MR) is 88.8 cm³/mol. The highest BCUT2D eigenvalue weighted by molar-refractivity contribution is 9.10. The molecular formula is C14H15BrN4OS. The number of nitrogen functional groups attached to an aromatic ring is 1. The third kappa shape index (κ3) is 3.03. The summed E-state index contributed by atoms with van der Waals surface area (Å²) in [6, 6.07) is 5.34. The lowest BCUT2D eigenvalue weighted by Gasteiger charge is -2.34. The molecule has 1 amide bonds. The van der Waals surface area contributed by atoms with Crippen molar-refractivity contribution >= 4 is 44.0 Å². The second-order valence-electron chi connectivity index (χ2n) is 4.83. The summed E-state index contributed by atoms with van der Waals surface area (Å²) in [4.78, 5) is 20.9. The molecule has 21 heavy (non-hydrogen) atoms. The van der Waals surface area contributed by atoms with Gasteiger partial charge in [-0.25, -0.2) is 4.98 Å². The van der Waals surface area contributed by atoms with Gasteiger partial charge in [0.2, 0.25) is 0 Å². The lowest BCUT2D eigenvalue weighted by Crippen LogP contribution is -2.48. The number of halogens is 1. The number of anilines is 2. The largest absolute Gasteiger partial charge is 0.398 e. The van der Waals surface area contributed by atoms with Crippen LogP contribution >= 0.6 is 27.3 Å². The molecule has 0 saturated carbocycles. The van der Waals surface area contributed by atoms with Crippen molar-refractivity contribution in [3.8, 4) is 0 Å². The Kier molecular flexibility index (Phi) is 4.12. The zero-order valence-electron chi connectivity index (χ0n) is 11.3. The van der Waals surface area contributed by atoms with Crippen LogP contribution in [0.4, 0.5) is 10.8 Å².